The fourth-order valence-electron chi connectivity index (χ4n) is 3.41. The van der Waals surface area contributed by atoms with Gasteiger partial charge in [0.15, 0.2) is 5.96 Å². The van der Waals surface area contributed by atoms with Gasteiger partial charge in [-0.15, -0.1) is 0 Å². The molecule has 1 aromatic rings. The van der Waals surface area contributed by atoms with Gasteiger partial charge in [-0.1, -0.05) is 12.1 Å². The highest BCUT2D eigenvalue weighted by atomic mass is 16.5. The van der Waals surface area contributed by atoms with Crippen molar-refractivity contribution in [1.29, 1.82) is 0 Å². The molecule has 2 aliphatic heterocycles. The molecule has 2 fully saturated rings. The van der Waals surface area contributed by atoms with E-state index in [0.29, 0.717) is 18.2 Å². The molecule has 5 heteroatoms. The van der Waals surface area contributed by atoms with Gasteiger partial charge in [-0.25, -0.2) is 0 Å². The summed E-state index contributed by atoms with van der Waals surface area (Å²) >= 11 is 0. The van der Waals surface area contributed by atoms with E-state index in [9.17, 15) is 0 Å². The zero-order valence-corrected chi connectivity index (χ0v) is 14.0. The molecule has 2 bridgehead atoms. The van der Waals surface area contributed by atoms with Crippen LogP contribution in [0.25, 0.3) is 0 Å². The lowest BCUT2D eigenvalue weighted by atomic mass is 9.96. The van der Waals surface area contributed by atoms with Gasteiger partial charge in [0.1, 0.15) is 5.75 Å². The van der Waals surface area contributed by atoms with E-state index >= 15 is 0 Å². The Morgan fingerprint density at radius 2 is 2.30 bits per heavy atom. The van der Waals surface area contributed by atoms with Crippen LogP contribution in [0.1, 0.15) is 31.7 Å². The predicted molar refractivity (Wildman–Crippen MR) is 92.1 cm³/mol. The zero-order chi connectivity index (χ0) is 16.1. The second-order valence-electron chi connectivity index (χ2n) is 6.22. The number of hydrogen-bond donors (Lipinski definition) is 2. The Kier molecular flexibility index (Phi) is 5.39. The van der Waals surface area contributed by atoms with E-state index in [1.54, 1.807) is 7.11 Å². The Bertz CT molecular complexity index is 547. The van der Waals surface area contributed by atoms with Gasteiger partial charge in [0.25, 0.3) is 0 Å². The van der Waals surface area contributed by atoms with Crippen LogP contribution in [0, 0.1) is 0 Å². The van der Waals surface area contributed by atoms with Crippen LogP contribution >= 0.6 is 0 Å². The van der Waals surface area contributed by atoms with Gasteiger partial charge in [0.05, 0.1) is 25.4 Å². The number of fused-ring (bicyclic) bond motifs is 2. The average molecular weight is 317 g/mol. The van der Waals surface area contributed by atoms with Gasteiger partial charge in [-0.05, 0) is 50.3 Å². The first-order chi connectivity index (χ1) is 11.3. The van der Waals surface area contributed by atoms with Crippen molar-refractivity contribution in [3.8, 4) is 5.75 Å². The highest BCUT2D eigenvalue weighted by Gasteiger charge is 2.41. The number of benzene rings is 1. The summed E-state index contributed by atoms with van der Waals surface area (Å²) in [6.07, 6.45) is 5.21. The maximum absolute atomic E-state index is 5.90. The molecule has 0 aromatic heterocycles. The molecule has 0 radical (unpaired) electrons. The average Bonchev–Trinajstić information content (AvgIpc) is 3.18. The number of methoxy groups -OCH3 is 1. The van der Waals surface area contributed by atoms with Gasteiger partial charge in [-0.2, -0.15) is 0 Å². The third kappa shape index (κ3) is 4.16. The molecule has 3 rings (SSSR count). The standard InChI is InChI=1S/C18H27N3O2/c1-3-19-18(21-16-12-15-7-8-17(16)23-15)20-10-9-13-5-4-6-14(11-13)22-2/h4-6,11,15-17H,3,7-10,12H2,1-2H3,(H2,19,20,21). The molecular weight excluding hydrogens is 290 g/mol. The second kappa shape index (κ2) is 7.68. The number of ether oxygens (including phenoxy) is 2. The van der Waals surface area contributed by atoms with Crippen molar-refractivity contribution in [2.75, 3.05) is 20.2 Å². The Labute approximate surface area is 138 Å². The van der Waals surface area contributed by atoms with Crippen molar-refractivity contribution in [3.63, 3.8) is 0 Å². The number of nitrogens with one attached hydrogen (secondary N) is 2. The summed E-state index contributed by atoms with van der Waals surface area (Å²) in [5, 5.41) is 6.88. The Hall–Kier alpha value is -1.75. The van der Waals surface area contributed by atoms with E-state index < -0.39 is 0 Å². The highest BCUT2D eigenvalue weighted by molar-refractivity contribution is 5.80. The first-order valence-electron chi connectivity index (χ1n) is 8.61. The van der Waals surface area contributed by atoms with Crippen LogP contribution in [0.2, 0.25) is 0 Å². The lowest BCUT2D eigenvalue weighted by Gasteiger charge is -2.22. The van der Waals surface area contributed by atoms with E-state index in [0.717, 1.165) is 37.6 Å². The van der Waals surface area contributed by atoms with Crippen LogP contribution < -0.4 is 15.4 Å². The summed E-state index contributed by atoms with van der Waals surface area (Å²) in [6, 6.07) is 8.58. The lowest BCUT2D eigenvalue weighted by molar-refractivity contribution is 0.0992. The minimum atomic E-state index is 0.363. The van der Waals surface area contributed by atoms with Crippen molar-refractivity contribution in [2.45, 2.75) is 50.9 Å². The number of nitrogens with zero attached hydrogens (tertiary/aromatic N) is 1. The zero-order valence-electron chi connectivity index (χ0n) is 14.0. The molecule has 2 aliphatic rings. The summed E-state index contributed by atoms with van der Waals surface area (Å²) in [7, 11) is 1.70. The van der Waals surface area contributed by atoms with E-state index in [2.05, 4.69) is 29.7 Å². The number of guanidine groups is 1. The summed E-state index contributed by atoms with van der Waals surface area (Å²) in [5.74, 6) is 1.80. The number of aliphatic imine (C=N–C) groups is 1. The number of hydrogen-bond acceptors (Lipinski definition) is 3. The molecule has 3 unspecified atom stereocenters. The van der Waals surface area contributed by atoms with E-state index in [4.69, 9.17) is 14.5 Å². The summed E-state index contributed by atoms with van der Waals surface area (Å²) in [5.41, 5.74) is 1.24. The lowest BCUT2D eigenvalue weighted by Crippen LogP contribution is -2.47. The minimum Gasteiger partial charge on any atom is -0.497 e. The summed E-state index contributed by atoms with van der Waals surface area (Å²) in [6.45, 7) is 3.72. The molecule has 0 amide bonds. The molecule has 2 N–H and O–H groups in total. The first-order valence-corrected chi connectivity index (χ1v) is 8.61. The maximum Gasteiger partial charge on any atom is 0.191 e. The van der Waals surface area contributed by atoms with Gasteiger partial charge in [0, 0.05) is 13.1 Å². The smallest absolute Gasteiger partial charge is 0.191 e. The monoisotopic (exact) mass is 317 g/mol. The predicted octanol–water partition coefficient (Wildman–Crippen LogP) is 2.11. The van der Waals surface area contributed by atoms with E-state index in [1.807, 2.05) is 12.1 Å². The Morgan fingerprint density at radius 3 is 3.00 bits per heavy atom. The molecule has 126 valence electrons. The maximum atomic E-state index is 5.90. The third-order valence-electron chi connectivity index (χ3n) is 4.58. The number of rotatable bonds is 6. The van der Waals surface area contributed by atoms with Crippen LogP contribution in [-0.2, 0) is 11.2 Å². The van der Waals surface area contributed by atoms with Crippen molar-refractivity contribution in [3.05, 3.63) is 29.8 Å². The first kappa shape index (κ1) is 16.1. The van der Waals surface area contributed by atoms with Gasteiger partial charge >= 0.3 is 0 Å². The molecule has 2 heterocycles. The second-order valence-corrected chi connectivity index (χ2v) is 6.22. The van der Waals surface area contributed by atoms with E-state index in [-0.39, 0.29) is 0 Å². The molecule has 5 nitrogen and oxygen atoms in total. The molecule has 23 heavy (non-hydrogen) atoms. The normalized spacial score (nSPS) is 26.3. The molecule has 0 aliphatic carbocycles. The SMILES string of the molecule is CCNC(=NCCc1cccc(OC)c1)NC1CC2CCC1O2. The molecule has 0 saturated carbocycles. The van der Waals surface area contributed by atoms with Gasteiger partial charge < -0.3 is 20.1 Å². The van der Waals surface area contributed by atoms with Gasteiger partial charge in [0.2, 0.25) is 0 Å². The fourth-order valence-corrected chi connectivity index (χ4v) is 3.41. The van der Waals surface area contributed by atoms with E-state index in [1.165, 1.54) is 18.4 Å². The molecular formula is C18H27N3O2. The largest absolute Gasteiger partial charge is 0.497 e. The molecule has 1 aromatic carbocycles. The van der Waals surface area contributed by atoms with Gasteiger partial charge in [-0.3, -0.25) is 4.99 Å². The Balaban J connectivity index is 1.53. The molecule has 0 spiro atoms. The Morgan fingerprint density at radius 1 is 1.39 bits per heavy atom. The summed E-state index contributed by atoms with van der Waals surface area (Å²) in [4.78, 5) is 4.71. The van der Waals surface area contributed by atoms with Crippen LogP contribution in [0.3, 0.4) is 0 Å². The van der Waals surface area contributed by atoms with Crippen molar-refractivity contribution in [1.82, 2.24) is 10.6 Å². The van der Waals surface area contributed by atoms with Crippen LogP contribution in [-0.4, -0.2) is 44.4 Å². The van der Waals surface area contributed by atoms with Crippen molar-refractivity contribution in [2.24, 2.45) is 4.99 Å². The minimum absolute atomic E-state index is 0.363. The van der Waals surface area contributed by atoms with Crippen LogP contribution in [0.5, 0.6) is 5.75 Å². The fraction of sp³-hybridized carbons (Fsp3) is 0.611. The quantitative estimate of drug-likeness (QED) is 0.623. The molecule has 2 saturated heterocycles. The summed E-state index contributed by atoms with van der Waals surface area (Å²) < 4.78 is 11.2. The topological polar surface area (TPSA) is 54.9 Å². The molecule has 3 atom stereocenters. The van der Waals surface area contributed by atoms with Crippen molar-refractivity contribution < 1.29 is 9.47 Å². The van der Waals surface area contributed by atoms with Crippen LogP contribution in [0.15, 0.2) is 29.3 Å². The third-order valence-corrected chi connectivity index (χ3v) is 4.58. The van der Waals surface area contributed by atoms with Crippen LogP contribution in [0.4, 0.5) is 0 Å². The highest BCUT2D eigenvalue weighted by Crippen LogP contribution is 2.34. The van der Waals surface area contributed by atoms with Crippen molar-refractivity contribution >= 4 is 5.96 Å².